The van der Waals surface area contributed by atoms with Gasteiger partial charge in [-0.2, -0.15) is 0 Å². The molecule has 4 atom stereocenters. The van der Waals surface area contributed by atoms with Crippen LogP contribution in [0.4, 0.5) is 5.69 Å². The number of allylic oxidation sites excluding steroid dienone is 2. The molecule has 0 aromatic heterocycles. The topological polar surface area (TPSA) is 80.8 Å². The van der Waals surface area contributed by atoms with Gasteiger partial charge in [0.2, 0.25) is 11.8 Å². The van der Waals surface area contributed by atoms with Crippen LogP contribution in [0.3, 0.4) is 0 Å². The molecule has 6 nitrogen and oxygen atoms in total. The van der Waals surface area contributed by atoms with E-state index in [-0.39, 0.29) is 52.6 Å². The zero-order valence-electron chi connectivity index (χ0n) is 16.3. The first-order valence-electron chi connectivity index (χ1n) is 9.94. The third-order valence-corrected chi connectivity index (χ3v) is 6.28. The summed E-state index contributed by atoms with van der Waals surface area (Å²) in [7, 11) is 0. The Morgan fingerprint density at radius 3 is 2.27 bits per heavy atom. The first kappa shape index (κ1) is 18.5. The minimum absolute atomic E-state index is 0.123. The lowest BCUT2D eigenvalue weighted by Crippen LogP contribution is -2.33. The smallest absolute Gasteiger partial charge is 0.343 e. The van der Waals surface area contributed by atoms with Gasteiger partial charge in [-0.15, -0.1) is 0 Å². The SMILES string of the molecule is CC(=O)c1ccccc1OC(=O)c1cccc(N2C(=O)[C@@H]3[C@@H](C2=O)[C@H]2C=C[C@H]3C2)c1. The highest BCUT2D eigenvalue weighted by Gasteiger charge is 2.59. The Hall–Kier alpha value is -3.54. The van der Waals surface area contributed by atoms with Gasteiger partial charge in [0.05, 0.1) is 28.7 Å². The van der Waals surface area contributed by atoms with Gasteiger partial charge in [0.15, 0.2) is 5.78 Å². The van der Waals surface area contributed by atoms with E-state index in [0.29, 0.717) is 11.3 Å². The summed E-state index contributed by atoms with van der Waals surface area (Å²) in [4.78, 5) is 51.7. The number of Topliss-reactive ketones (excluding diaryl/α,β-unsaturated/α-hetero) is 1. The highest BCUT2D eigenvalue weighted by Crippen LogP contribution is 2.53. The Kier molecular flexibility index (Phi) is 4.17. The van der Waals surface area contributed by atoms with Crippen molar-refractivity contribution < 1.29 is 23.9 Å². The first-order valence-corrected chi connectivity index (χ1v) is 9.94. The lowest BCUT2D eigenvalue weighted by atomic mass is 9.85. The van der Waals surface area contributed by atoms with Crippen molar-refractivity contribution in [3.63, 3.8) is 0 Å². The van der Waals surface area contributed by atoms with Gasteiger partial charge in [0.25, 0.3) is 0 Å². The summed E-state index contributed by atoms with van der Waals surface area (Å²) in [6, 6.07) is 12.8. The van der Waals surface area contributed by atoms with E-state index in [2.05, 4.69) is 0 Å². The molecule has 0 unspecified atom stereocenters. The van der Waals surface area contributed by atoms with E-state index in [0.717, 1.165) is 6.42 Å². The number of anilines is 1. The summed E-state index contributed by atoms with van der Waals surface area (Å²) in [6.07, 6.45) is 4.95. The van der Waals surface area contributed by atoms with E-state index in [1.54, 1.807) is 42.5 Å². The molecule has 5 rings (SSSR count). The van der Waals surface area contributed by atoms with Crippen molar-refractivity contribution in [2.75, 3.05) is 4.90 Å². The van der Waals surface area contributed by atoms with E-state index in [4.69, 9.17) is 4.74 Å². The summed E-state index contributed by atoms with van der Waals surface area (Å²) < 4.78 is 5.42. The molecule has 2 fully saturated rings. The lowest BCUT2D eigenvalue weighted by Gasteiger charge is -2.18. The number of para-hydroxylation sites is 1. The fourth-order valence-electron chi connectivity index (χ4n) is 4.93. The standard InChI is InChI=1S/C24H19NO5/c1-13(26)18-7-2-3-8-19(18)30-24(29)16-5-4-6-17(12-16)25-22(27)20-14-9-10-15(11-14)21(20)23(25)28/h2-10,12,14-15,20-21H,11H2,1H3/t14-,15-,20-,21-/m0/s1. The Bertz CT molecular complexity index is 1100. The molecule has 1 aliphatic heterocycles. The minimum atomic E-state index is -0.661. The predicted molar refractivity (Wildman–Crippen MR) is 108 cm³/mol. The van der Waals surface area contributed by atoms with Crippen molar-refractivity contribution >= 4 is 29.3 Å². The van der Waals surface area contributed by atoms with Crippen LogP contribution < -0.4 is 9.64 Å². The maximum Gasteiger partial charge on any atom is 0.343 e. The van der Waals surface area contributed by atoms with E-state index >= 15 is 0 Å². The zero-order valence-corrected chi connectivity index (χ0v) is 16.3. The number of benzene rings is 2. The summed E-state index contributed by atoms with van der Waals surface area (Å²) in [6.45, 7) is 1.40. The molecule has 150 valence electrons. The monoisotopic (exact) mass is 401 g/mol. The lowest BCUT2D eigenvalue weighted by molar-refractivity contribution is -0.123. The summed E-state index contributed by atoms with van der Waals surface area (Å²) in [5, 5.41) is 0. The Labute approximate surface area is 173 Å². The van der Waals surface area contributed by atoms with Crippen LogP contribution in [0.5, 0.6) is 5.75 Å². The molecule has 2 aliphatic carbocycles. The number of imide groups is 1. The normalized spacial score (nSPS) is 26.2. The molecule has 0 N–H and O–H groups in total. The molecule has 30 heavy (non-hydrogen) atoms. The number of rotatable bonds is 4. The Morgan fingerprint density at radius 2 is 1.60 bits per heavy atom. The van der Waals surface area contributed by atoms with E-state index < -0.39 is 5.97 Å². The quantitative estimate of drug-likeness (QED) is 0.258. The van der Waals surface area contributed by atoms with Crippen molar-refractivity contribution in [3.05, 3.63) is 71.8 Å². The molecule has 3 aliphatic rings. The minimum Gasteiger partial charge on any atom is -0.422 e. The van der Waals surface area contributed by atoms with Gasteiger partial charge in [0.1, 0.15) is 5.75 Å². The Morgan fingerprint density at radius 1 is 0.933 bits per heavy atom. The molecule has 6 heteroatoms. The highest BCUT2D eigenvalue weighted by atomic mass is 16.5. The van der Waals surface area contributed by atoms with Crippen LogP contribution in [-0.2, 0) is 9.59 Å². The van der Waals surface area contributed by atoms with Gasteiger partial charge in [-0.05, 0) is 55.5 Å². The molecule has 1 saturated heterocycles. The largest absolute Gasteiger partial charge is 0.422 e. The molecule has 0 radical (unpaired) electrons. The van der Waals surface area contributed by atoms with E-state index in [1.165, 1.54) is 17.9 Å². The van der Waals surface area contributed by atoms with Crippen LogP contribution >= 0.6 is 0 Å². The third kappa shape index (κ3) is 2.71. The maximum absolute atomic E-state index is 13.0. The fourth-order valence-corrected chi connectivity index (χ4v) is 4.93. The predicted octanol–water partition coefficient (Wildman–Crippen LogP) is 3.42. The molecule has 2 aromatic rings. The number of ether oxygens (including phenoxy) is 1. The van der Waals surface area contributed by atoms with Gasteiger partial charge >= 0.3 is 5.97 Å². The first-order chi connectivity index (χ1) is 14.5. The van der Waals surface area contributed by atoms with E-state index in [9.17, 15) is 19.2 Å². The molecule has 2 amide bonds. The summed E-state index contributed by atoms with van der Waals surface area (Å²) in [5.74, 6) is -1.46. The molecule has 0 spiro atoms. The van der Waals surface area contributed by atoms with Crippen molar-refractivity contribution in [2.24, 2.45) is 23.7 Å². The number of carbonyl (C=O) groups is 4. The van der Waals surface area contributed by atoms with Crippen molar-refractivity contribution in [3.8, 4) is 5.75 Å². The number of nitrogens with zero attached hydrogens (tertiary/aromatic N) is 1. The molecule has 2 bridgehead atoms. The van der Waals surface area contributed by atoms with Crippen molar-refractivity contribution in [1.29, 1.82) is 0 Å². The van der Waals surface area contributed by atoms with Crippen LogP contribution in [0, 0.1) is 23.7 Å². The van der Waals surface area contributed by atoms with Crippen LogP contribution in [0.15, 0.2) is 60.7 Å². The second-order valence-electron chi connectivity index (χ2n) is 8.00. The molecule has 1 heterocycles. The van der Waals surface area contributed by atoms with Crippen molar-refractivity contribution in [2.45, 2.75) is 13.3 Å². The van der Waals surface area contributed by atoms with Gasteiger partial charge in [-0.25, -0.2) is 9.69 Å². The number of esters is 1. The van der Waals surface area contributed by atoms with Gasteiger partial charge < -0.3 is 4.74 Å². The molecular weight excluding hydrogens is 382 g/mol. The van der Waals surface area contributed by atoms with Gasteiger partial charge in [-0.1, -0.05) is 30.4 Å². The number of fused-ring (bicyclic) bond motifs is 5. The number of hydrogen-bond acceptors (Lipinski definition) is 5. The maximum atomic E-state index is 13.0. The molecule has 2 aromatic carbocycles. The average molecular weight is 401 g/mol. The summed E-state index contributed by atoms with van der Waals surface area (Å²) in [5.41, 5.74) is 0.875. The second kappa shape index (κ2) is 6.76. The highest BCUT2D eigenvalue weighted by molar-refractivity contribution is 6.23. The van der Waals surface area contributed by atoms with Gasteiger partial charge in [-0.3, -0.25) is 14.4 Å². The zero-order chi connectivity index (χ0) is 21.0. The van der Waals surface area contributed by atoms with E-state index in [1.807, 2.05) is 12.2 Å². The Balaban J connectivity index is 1.42. The molecule has 1 saturated carbocycles. The van der Waals surface area contributed by atoms with Crippen LogP contribution in [-0.4, -0.2) is 23.6 Å². The van der Waals surface area contributed by atoms with Crippen molar-refractivity contribution in [1.82, 2.24) is 0 Å². The number of ketones is 1. The second-order valence-corrected chi connectivity index (χ2v) is 8.00. The van der Waals surface area contributed by atoms with Crippen LogP contribution in [0.25, 0.3) is 0 Å². The molecular formula is C24H19NO5. The number of carbonyl (C=O) groups excluding carboxylic acids is 4. The fraction of sp³-hybridized carbons (Fsp3) is 0.250. The average Bonchev–Trinajstić information content (AvgIpc) is 3.42. The van der Waals surface area contributed by atoms with Crippen LogP contribution in [0.1, 0.15) is 34.1 Å². The number of hydrogen-bond donors (Lipinski definition) is 0. The third-order valence-electron chi connectivity index (χ3n) is 6.28. The summed E-state index contributed by atoms with van der Waals surface area (Å²) >= 11 is 0. The van der Waals surface area contributed by atoms with Crippen LogP contribution in [0.2, 0.25) is 0 Å². The number of amides is 2. The van der Waals surface area contributed by atoms with Gasteiger partial charge in [0, 0.05) is 0 Å².